The first kappa shape index (κ1) is 21.4. The first-order chi connectivity index (χ1) is 14.4. The number of methoxy groups -OCH3 is 1. The minimum Gasteiger partial charge on any atom is -0.497 e. The maximum Gasteiger partial charge on any atom is 0.240 e. The van der Waals surface area contributed by atoms with Crippen molar-refractivity contribution in [3.63, 3.8) is 0 Å². The van der Waals surface area contributed by atoms with E-state index in [0.717, 1.165) is 21.3 Å². The summed E-state index contributed by atoms with van der Waals surface area (Å²) in [4.78, 5) is 12.3. The Bertz CT molecular complexity index is 1130. The molecule has 0 atom stereocenters. The second kappa shape index (κ2) is 9.49. The van der Waals surface area contributed by atoms with Gasteiger partial charge in [0.15, 0.2) is 0 Å². The van der Waals surface area contributed by atoms with E-state index in [1.807, 2.05) is 42.5 Å². The van der Waals surface area contributed by atoms with Crippen LogP contribution in [0.4, 0.5) is 5.69 Å². The number of benzene rings is 3. The molecule has 0 saturated carbocycles. The van der Waals surface area contributed by atoms with E-state index >= 15 is 0 Å². The molecule has 0 fully saturated rings. The summed E-state index contributed by atoms with van der Waals surface area (Å²) in [5.41, 5.74) is 0.361. The van der Waals surface area contributed by atoms with Gasteiger partial charge in [0.05, 0.1) is 25.6 Å². The minimum absolute atomic E-state index is 0.251. The lowest BCUT2D eigenvalue weighted by Gasteiger charge is -2.22. The van der Waals surface area contributed by atoms with E-state index in [0.29, 0.717) is 17.2 Å². The molecule has 0 radical (unpaired) electrons. The largest absolute Gasteiger partial charge is 0.497 e. The lowest BCUT2D eigenvalue weighted by Crippen LogP contribution is -2.41. The Morgan fingerprint density at radius 3 is 2.47 bits per heavy atom. The van der Waals surface area contributed by atoms with Crippen molar-refractivity contribution in [2.24, 2.45) is 0 Å². The number of hydrogen-bond donors (Lipinski definition) is 1. The monoisotopic (exact) mass is 428 g/mol. The molecule has 158 valence electrons. The smallest absolute Gasteiger partial charge is 0.240 e. The summed E-state index contributed by atoms with van der Waals surface area (Å²) < 4.78 is 36.2. The van der Waals surface area contributed by atoms with Crippen molar-refractivity contribution in [1.29, 1.82) is 0 Å². The molecule has 0 aromatic heterocycles. The number of amides is 1. The fraction of sp³-hybridized carbons (Fsp3) is 0.227. The van der Waals surface area contributed by atoms with Gasteiger partial charge >= 0.3 is 0 Å². The Morgan fingerprint density at radius 1 is 0.967 bits per heavy atom. The number of hydrogen-bond acceptors (Lipinski definition) is 5. The van der Waals surface area contributed by atoms with E-state index in [9.17, 15) is 13.2 Å². The van der Waals surface area contributed by atoms with Crippen molar-refractivity contribution >= 4 is 32.4 Å². The quantitative estimate of drug-likeness (QED) is 0.530. The molecule has 30 heavy (non-hydrogen) atoms. The summed E-state index contributed by atoms with van der Waals surface area (Å²) >= 11 is 0. The van der Waals surface area contributed by atoms with Gasteiger partial charge in [0.1, 0.15) is 24.7 Å². The molecule has 8 heteroatoms. The molecular formula is C22H24N2O5S. The molecule has 0 saturated heterocycles. The lowest BCUT2D eigenvalue weighted by atomic mass is 10.1. The van der Waals surface area contributed by atoms with Gasteiger partial charge in [0.2, 0.25) is 15.9 Å². The molecule has 1 amide bonds. The van der Waals surface area contributed by atoms with Crippen LogP contribution in [0.25, 0.3) is 10.8 Å². The standard InChI is InChI=1S/C22H24N2O5S/c1-28-20-9-5-8-19(15-20)24(30(2,26)27)16-22(25)23-12-13-29-21-11-10-17-6-3-4-7-18(17)14-21/h3-11,14-15H,12-13,16H2,1-2H3,(H,23,25). The minimum atomic E-state index is -3.65. The van der Waals surface area contributed by atoms with Crippen LogP contribution in [0.5, 0.6) is 11.5 Å². The Morgan fingerprint density at radius 2 is 1.73 bits per heavy atom. The zero-order valence-electron chi connectivity index (χ0n) is 16.9. The zero-order valence-corrected chi connectivity index (χ0v) is 17.7. The van der Waals surface area contributed by atoms with Gasteiger partial charge in [0.25, 0.3) is 0 Å². The second-order valence-corrected chi connectivity index (χ2v) is 8.59. The number of nitrogens with zero attached hydrogens (tertiary/aromatic N) is 1. The molecule has 0 aliphatic carbocycles. The average molecular weight is 429 g/mol. The number of ether oxygens (including phenoxy) is 2. The zero-order chi connectivity index (χ0) is 21.6. The fourth-order valence-electron chi connectivity index (χ4n) is 2.97. The lowest BCUT2D eigenvalue weighted by molar-refractivity contribution is -0.119. The van der Waals surface area contributed by atoms with Gasteiger partial charge in [-0.15, -0.1) is 0 Å². The number of rotatable bonds is 9. The second-order valence-electron chi connectivity index (χ2n) is 6.68. The van der Waals surface area contributed by atoms with E-state index in [1.54, 1.807) is 24.3 Å². The molecule has 0 unspecified atom stereocenters. The summed E-state index contributed by atoms with van der Waals surface area (Å²) in [5.74, 6) is 0.785. The number of carbonyl (C=O) groups excluding carboxylic acids is 1. The van der Waals surface area contributed by atoms with Crippen LogP contribution < -0.4 is 19.1 Å². The normalized spacial score (nSPS) is 11.1. The Balaban J connectivity index is 1.55. The van der Waals surface area contributed by atoms with Crippen LogP contribution in [0.15, 0.2) is 66.7 Å². The van der Waals surface area contributed by atoms with Crippen molar-refractivity contribution in [2.75, 3.05) is 37.4 Å². The molecule has 3 aromatic carbocycles. The fourth-order valence-corrected chi connectivity index (χ4v) is 3.82. The number of sulfonamides is 1. The number of fused-ring (bicyclic) bond motifs is 1. The van der Waals surface area contributed by atoms with E-state index < -0.39 is 15.9 Å². The Hall–Kier alpha value is -3.26. The van der Waals surface area contributed by atoms with Crippen LogP contribution >= 0.6 is 0 Å². The molecule has 0 heterocycles. The number of carbonyl (C=O) groups is 1. The first-order valence-corrected chi connectivity index (χ1v) is 11.2. The van der Waals surface area contributed by atoms with Crippen LogP contribution in [0, 0.1) is 0 Å². The Kier molecular flexibility index (Phi) is 6.79. The van der Waals surface area contributed by atoms with Gasteiger partial charge in [-0.3, -0.25) is 9.10 Å². The predicted octanol–water partition coefficient (Wildman–Crippen LogP) is 2.81. The molecule has 3 rings (SSSR count). The van der Waals surface area contributed by atoms with Crippen molar-refractivity contribution in [2.45, 2.75) is 0 Å². The van der Waals surface area contributed by atoms with Gasteiger partial charge < -0.3 is 14.8 Å². The molecule has 0 aliphatic rings. The maximum absolute atomic E-state index is 12.3. The van der Waals surface area contributed by atoms with Crippen LogP contribution in [0.1, 0.15) is 0 Å². The van der Waals surface area contributed by atoms with Crippen molar-refractivity contribution in [3.05, 3.63) is 66.7 Å². The summed E-state index contributed by atoms with van der Waals surface area (Å²) in [7, 11) is -2.15. The molecule has 0 bridgehead atoms. The number of anilines is 1. The SMILES string of the molecule is COc1cccc(N(CC(=O)NCCOc2ccc3ccccc3c2)S(C)(=O)=O)c1. The van der Waals surface area contributed by atoms with Crippen molar-refractivity contribution < 1.29 is 22.7 Å². The van der Waals surface area contributed by atoms with E-state index in [-0.39, 0.29) is 19.7 Å². The highest BCUT2D eigenvalue weighted by Crippen LogP contribution is 2.23. The third kappa shape index (κ3) is 5.64. The van der Waals surface area contributed by atoms with Crippen molar-refractivity contribution in [3.8, 4) is 11.5 Å². The average Bonchev–Trinajstić information content (AvgIpc) is 2.74. The third-order valence-corrected chi connectivity index (χ3v) is 5.58. The molecule has 0 aliphatic heterocycles. The van der Waals surface area contributed by atoms with Gasteiger partial charge in [0, 0.05) is 6.07 Å². The highest BCUT2D eigenvalue weighted by Gasteiger charge is 2.21. The summed E-state index contributed by atoms with van der Waals surface area (Å²) in [6.07, 6.45) is 1.06. The molecule has 3 aromatic rings. The van der Waals surface area contributed by atoms with Crippen LogP contribution in [0.3, 0.4) is 0 Å². The van der Waals surface area contributed by atoms with Crippen LogP contribution in [-0.2, 0) is 14.8 Å². The first-order valence-electron chi connectivity index (χ1n) is 9.37. The van der Waals surface area contributed by atoms with Crippen LogP contribution in [-0.4, -0.2) is 47.4 Å². The molecule has 1 N–H and O–H groups in total. The molecular weight excluding hydrogens is 404 g/mol. The van der Waals surface area contributed by atoms with E-state index in [1.165, 1.54) is 7.11 Å². The maximum atomic E-state index is 12.3. The summed E-state index contributed by atoms with van der Waals surface area (Å²) in [6, 6.07) is 20.3. The van der Waals surface area contributed by atoms with Gasteiger partial charge in [-0.2, -0.15) is 0 Å². The summed E-state index contributed by atoms with van der Waals surface area (Å²) in [5, 5.41) is 4.88. The van der Waals surface area contributed by atoms with Gasteiger partial charge in [-0.05, 0) is 35.0 Å². The van der Waals surface area contributed by atoms with Crippen LogP contribution in [0.2, 0.25) is 0 Å². The van der Waals surface area contributed by atoms with E-state index in [2.05, 4.69) is 5.32 Å². The highest BCUT2D eigenvalue weighted by atomic mass is 32.2. The topological polar surface area (TPSA) is 84.9 Å². The molecule has 0 spiro atoms. The van der Waals surface area contributed by atoms with Gasteiger partial charge in [-0.1, -0.05) is 36.4 Å². The molecule has 7 nitrogen and oxygen atoms in total. The Labute approximate surface area is 176 Å². The van der Waals surface area contributed by atoms with E-state index in [4.69, 9.17) is 9.47 Å². The third-order valence-electron chi connectivity index (χ3n) is 4.44. The highest BCUT2D eigenvalue weighted by molar-refractivity contribution is 7.92. The predicted molar refractivity (Wildman–Crippen MR) is 118 cm³/mol. The van der Waals surface area contributed by atoms with Gasteiger partial charge in [-0.25, -0.2) is 8.42 Å². The number of nitrogens with one attached hydrogen (secondary N) is 1. The summed E-state index contributed by atoms with van der Waals surface area (Å²) in [6.45, 7) is 0.186. The van der Waals surface area contributed by atoms with Crippen molar-refractivity contribution in [1.82, 2.24) is 5.32 Å².